The molecule has 0 aromatic heterocycles. The quantitative estimate of drug-likeness (QED) is 0.669. The third kappa shape index (κ3) is 41.9. The van der Waals surface area contributed by atoms with E-state index in [1.54, 1.807) is 0 Å². The zero-order valence-electron chi connectivity index (χ0n) is 12.4. The lowest BCUT2D eigenvalue weighted by Gasteiger charge is -2.14. The zero-order valence-corrected chi connectivity index (χ0v) is 12.4. The van der Waals surface area contributed by atoms with E-state index in [1.807, 2.05) is 53.5 Å². The van der Waals surface area contributed by atoms with Gasteiger partial charge in [-0.25, -0.2) is 0 Å². The maximum atomic E-state index is 9.96. The van der Waals surface area contributed by atoms with Gasteiger partial charge in [0.15, 0.2) is 0 Å². The standard InChI is InChI=1S/C7H15NO.3C2H6/c1-7(2)6-8(3)4-5-9;3*1-2/h5,7H,4,6H2,1-3H3;3*1-2H3. The van der Waals surface area contributed by atoms with Crippen LogP contribution in [0.4, 0.5) is 0 Å². The van der Waals surface area contributed by atoms with Crippen molar-refractivity contribution in [2.24, 2.45) is 5.92 Å². The highest BCUT2D eigenvalue weighted by Crippen LogP contribution is 1.93. The van der Waals surface area contributed by atoms with E-state index in [-0.39, 0.29) is 0 Å². The van der Waals surface area contributed by atoms with Crippen LogP contribution in [0, 0.1) is 5.92 Å². The molecule has 0 N–H and O–H groups in total. The summed E-state index contributed by atoms with van der Waals surface area (Å²) in [5.41, 5.74) is 0. The SMILES string of the molecule is CC.CC.CC.CC(C)CN(C)CC=O. The van der Waals surface area contributed by atoms with E-state index in [2.05, 4.69) is 13.8 Å². The van der Waals surface area contributed by atoms with Crippen molar-refractivity contribution in [3.8, 4) is 0 Å². The van der Waals surface area contributed by atoms with Crippen LogP contribution in [0.3, 0.4) is 0 Å². The lowest BCUT2D eigenvalue weighted by atomic mass is 10.2. The highest BCUT2D eigenvalue weighted by Gasteiger charge is 1.98. The fraction of sp³-hybridized carbons (Fsp3) is 0.923. The first-order valence-corrected chi connectivity index (χ1v) is 6.29. The number of hydrogen-bond acceptors (Lipinski definition) is 2. The van der Waals surface area contributed by atoms with Gasteiger partial charge in [-0.15, -0.1) is 0 Å². The molecule has 15 heavy (non-hydrogen) atoms. The second-order valence-corrected chi connectivity index (χ2v) is 2.78. The van der Waals surface area contributed by atoms with Crippen molar-refractivity contribution in [2.45, 2.75) is 55.4 Å². The van der Waals surface area contributed by atoms with Crippen LogP contribution in [-0.4, -0.2) is 31.3 Å². The van der Waals surface area contributed by atoms with Gasteiger partial charge < -0.3 is 4.79 Å². The Morgan fingerprint density at radius 1 is 1.00 bits per heavy atom. The lowest BCUT2D eigenvalue weighted by molar-refractivity contribution is -0.108. The molecule has 0 saturated carbocycles. The van der Waals surface area contributed by atoms with Crippen molar-refractivity contribution in [2.75, 3.05) is 20.1 Å². The summed E-state index contributed by atoms with van der Waals surface area (Å²) < 4.78 is 0. The molecule has 0 rings (SSSR count). The Kier molecular flexibility index (Phi) is 46.8. The first-order chi connectivity index (χ1) is 7.16. The molecule has 2 nitrogen and oxygen atoms in total. The van der Waals surface area contributed by atoms with Gasteiger partial charge in [-0.3, -0.25) is 4.90 Å². The average molecular weight is 219 g/mol. The Morgan fingerprint density at radius 2 is 1.33 bits per heavy atom. The van der Waals surface area contributed by atoms with Crippen LogP contribution in [0.25, 0.3) is 0 Å². The van der Waals surface area contributed by atoms with E-state index in [9.17, 15) is 4.79 Å². The smallest absolute Gasteiger partial charge is 0.133 e. The van der Waals surface area contributed by atoms with Crippen LogP contribution in [0.15, 0.2) is 0 Å². The Labute approximate surface area is 98.1 Å². The summed E-state index contributed by atoms with van der Waals surface area (Å²) in [6, 6.07) is 0. The van der Waals surface area contributed by atoms with Crippen molar-refractivity contribution in [1.82, 2.24) is 4.90 Å². The summed E-state index contributed by atoms with van der Waals surface area (Å²) in [4.78, 5) is 12.0. The van der Waals surface area contributed by atoms with Gasteiger partial charge in [0, 0.05) is 6.54 Å². The normalized spacial score (nSPS) is 7.67. The Hall–Kier alpha value is -0.370. The van der Waals surface area contributed by atoms with Crippen molar-refractivity contribution < 1.29 is 4.79 Å². The summed E-state index contributed by atoms with van der Waals surface area (Å²) >= 11 is 0. The first kappa shape index (κ1) is 24.1. The van der Waals surface area contributed by atoms with E-state index in [4.69, 9.17) is 0 Å². The fourth-order valence-corrected chi connectivity index (χ4v) is 0.825. The molecule has 0 fully saturated rings. The lowest BCUT2D eigenvalue weighted by Crippen LogP contribution is -2.24. The third-order valence-corrected chi connectivity index (χ3v) is 1.06. The predicted molar refractivity (Wildman–Crippen MR) is 72.4 cm³/mol. The summed E-state index contributed by atoms with van der Waals surface area (Å²) in [6.07, 6.45) is 0.933. The molecule has 0 amide bonds. The molecule has 2 heteroatoms. The monoisotopic (exact) mass is 219 g/mol. The highest BCUT2D eigenvalue weighted by molar-refractivity contribution is 5.51. The summed E-state index contributed by atoms with van der Waals surface area (Å²) in [6.45, 7) is 17.8. The van der Waals surface area contributed by atoms with Crippen LogP contribution in [0.2, 0.25) is 0 Å². The molecule has 0 bridgehead atoms. The molecule has 96 valence electrons. The van der Waals surface area contributed by atoms with Crippen molar-refractivity contribution in [3.63, 3.8) is 0 Å². The molecular formula is C13H33NO. The molecule has 0 aliphatic heterocycles. The number of nitrogens with zero attached hydrogens (tertiary/aromatic N) is 1. The molecular weight excluding hydrogens is 186 g/mol. The van der Waals surface area contributed by atoms with E-state index in [0.717, 1.165) is 12.8 Å². The minimum absolute atomic E-state index is 0.554. The molecule has 0 spiro atoms. The fourth-order valence-electron chi connectivity index (χ4n) is 0.825. The molecule has 0 saturated heterocycles. The summed E-state index contributed by atoms with van der Waals surface area (Å²) in [5, 5.41) is 0. The molecule has 0 aromatic rings. The highest BCUT2D eigenvalue weighted by atomic mass is 16.1. The van der Waals surface area contributed by atoms with Gasteiger partial charge in [-0.2, -0.15) is 0 Å². The zero-order chi connectivity index (χ0) is 13.3. The number of hydrogen-bond donors (Lipinski definition) is 0. The van der Waals surface area contributed by atoms with Crippen LogP contribution in [-0.2, 0) is 4.79 Å². The number of carbonyl (C=O) groups is 1. The summed E-state index contributed by atoms with van der Waals surface area (Å²) in [5.74, 6) is 0.648. The van der Waals surface area contributed by atoms with Gasteiger partial charge in [0.25, 0.3) is 0 Å². The molecule has 0 aliphatic carbocycles. The molecule has 0 aliphatic rings. The molecule has 0 atom stereocenters. The van der Waals surface area contributed by atoms with Crippen LogP contribution < -0.4 is 0 Å². The second kappa shape index (κ2) is 29.2. The minimum atomic E-state index is 0.554. The molecule has 0 radical (unpaired) electrons. The molecule has 0 unspecified atom stereocenters. The Morgan fingerprint density at radius 3 is 1.53 bits per heavy atom. The number of likely N-dealkylation sites (N-methyl/N-ethyl adjacent to an activating group) is 1. The summed E-state index contributed by atoms with van der Waals surface area (Å²) in [7, 11) is 1.95. The van der Waals surface area contributed by atoms with Gasteiger partial charge in [0.1, 0.15) is 6.29 Å². The van der Waals surface area contributed by atoms with Crippen LogP contribution >= 0.6 is 0 Å². The Bertz CT molecular complexity index is 82.6. The van der Waals surface area contributed by atoms with Crippen molar-refractivity contribution in [1.29, 1.82) is 0 Å². The number of aldehydes is 1. The van der Waals surface area contributed by atoms with E-state index >= 15 is 0 Å². The largest absolute Gasteiger partial charge is 0.302 e. The van der Waals surface area contributed by atoms with Gasteiger partial charge in [0.05, 0.1) is 6.54 Å². The maximum absolute atomic E-state index is 9.96. The van der Waals surface area contributed by atoms with Gasteiger partial charge in [-0.1, -0.05) is 55.4 Å². The molecule has 0 aromatic carbocycles. The van der Waals surface area contributed by atoms with Gasteiger partial charge >= 0.3 is 0 Å². The minimum Gasteiger partial charge on any atom is -0.302 e. The van der Waals surface area contributed by atoms with Crippen molar-refractivity contribution >= 4 is 6.29 Å². The second-order valence-electron chi connectivity index (χ2n) is 2.78. The predicted octanol–water partition coefficient (Wildman–Crippen LogP) is 3.85. The topological polar surface area (TPSA) is 20.3 Å². The van der Waals surface area contributed by atoms with Gasteiger partial charge in [-0.05, 0) is 13.0 Å². The Balaban J connectivity index is -0.0000000860. The van der Waals surface area contributed by atoms with Crippen LogP contribution in [0.1, 0.15) is 55.4 Å². The van der Waals surface area contributed by atoms with Crippen molar-refractivity contribution in [3.05, 3.63) is 0 Å². The number of carbonyl (C=O) groups excluding carboxylic acids is 1. The van der Waals surface area contributed by atoms with E-state index < -0.39 is 0 Å². The average Bonchev–Trinajstić information content (AvgIpc) is 2.26. The van der Waals surface area contributed by atoms with E-state index in [0.29, 0.717) is 12.5 Å². The maximum Gasteiger partial charge on any atom is 0.133 e. The molecule has 0 heterocycles. The third-order valence-electron chi connectivity index (χ3n) is 1.06. The van der Waals surface area contributed by atoms with Gasteiger partial charge in [0.2, 0.25) is 0 Å². The van der Waals surface area contributed by atoms with Crippen LogP contribution in [0.5, 0.6) is 0 Å². The number of rotatable bonds is 4. The first-order valence-electron chi connectivity index (χ1n) is 6.29. The van der Waals surface area contributed by atoms with E-state index in [1.165, 1.54) is 0 Å².